The number of nitro benzene ring substituents is 1. The van der Waals surface area contributed by atoms with Gasteiger partial charge >= 0.3 is 11.7 Å². The van der Waals surface area contributed by atoms with E-state index in [0.29, 0.717) is 40.4 Å². The monoisotopic (exact) mass is 524 g/mol. The van der Waals surface area contributed by atoms with E-state index in [2.05, 4.69) is 11.9 Å². The predicted octanol–water partition coefficient (Wildman–Crippen LogP) is 5.85. The van der Waals surface area contributed by atoms with Crippen LogP contribution in [-0.2, 0) is 20.9 Å². The molecule has 2 aliphatic rings. The minimum atomic E-state index is -0.913. The van der Waals surface area contributed by atoms with Gasteiger partial charge in [0.15, 0.2) is 11.5 Å². The molecule has 2 atom stereocenters. The van der Waals surface area contributed by atoms with Gasteiger partial charge in [0.2, 0.25) is 0 Å². The summed E-state index contributed by atoms with van der Waals surface area (Å²) in [5.41, 5.74) is 2.27. The number of halogens is 1. The lowest BCUT2D eigenvalue weighted by molar-refractivity contribution is -0.386. The molecule has 1 heterocycles. The van der Waals surface area contributed by atoms with Crippen molar-refractivity contribution in [2.24, 2.45) is 11.3 Å². The number of nitro groups is 1. The third kappa shape index (κ3) is 5.54. The second-order valence-corrected chi connectivity index (χ2v) is 10.5. The van der Waals surface area contributed by atoms with Gasteiger partial charge in [0.1, 0.15) is 12.5 Å². The van der Waals surface area contributed by atoms with Gasteiger partial charge in [-0.25, -0.2) is 0 Å². The number of hydrogen-bond donors (Lipinski definition) is 1. The van der Waals surface area contributed by atoms with Crippen LogP contribution >= 0.6 is 11.6 Å². The summed E-state index contributed by atoms with van der Waals surface area (Å²) < 4.78 is 11.1. The number of carbonyl (C=O) groups excluding carboxylic acids is 2. The molecule has 1 aliphatic carbocycles. The van der Waals surface area contributed by atoms with Gasteiger partial charge in [-0.05, 0) is 48.1 Å². The van der Waals surface area contributed by atoms with Gasteiger partial charge in [-0.1, -0.05) is 50.2 Å². The first kappa shape index (κ1) is 26.4. The average molecular weight is 525 g/mol. The number of nitrogens with one attached hydrogen (secondary N) is 1. The first-order chi connectivity index (χ1) is 17.5. The fourth-order valence-electron chi connectivity index (χ4n) is 5.05. The van der Waals surface area contributed by atoms with E-state index >= 15 is 0 Å². The van der Waals surface area contributed by atoms with Crippen LogP contribution < -0.4 is 10.1 Å². The molecule has 8 nitrogen and oxygen atoms in total. The Hall–Kier alpha value is -3.65. The van der Waals surface area contributed by atoms with E-state index in [4.69, 9.17) is 21.1 Å². The Kier molecular flexibility index (Phi) is 7.41. The summed E-state index contributed by atoms with van der Waals surface area (Å²) in [6.45, 7) is 10.0. The van der Waals surface area contributed by atoms with Gasteiger partial charge in [-0.2, -0.15) is 0 Å². The second kappa shape index (κ2) is 10.4. The third-order valence-electron chi connectivity index (χ3n) is 6.64. The van der Waals surface area contributed by atoms with Crippen molar-refractivity contribution in [3.8, 4) is 5.75 Å². The number of carbonyl (C=O) groups is 2. The van der Waals surface area contributed by atoms with E-state index in [1.54, 1.807) is 37.3 Å². The highest BCUT2D eigenvalue weighted by atomic mass is 35.5. The van der Waals surface area contributed by atoms with Crippen LogP contribution in [0.5, 0.6) is 5.75 Å². The molecule has 0 saturated carbocycles. The minimum Gasteiger partial charge on any atom is -0.482 e. The number of rotatable bonds is 7. The summed E-state index contributed by atoms with van der Waals surface area (Å²) in [4.78, 5) is 37.9. The standard InChI is InChI=1S/C28H29ClN2O6/c1-5-36-27(33)24-16(2)30-20-13-28(3,4)14-22(32)26(20)25(24)18-8-11-23(21(12-18)31(34)35)37-15-17-6-9-19(29)10-7-17/h6-12,24-25,30H,2,5,13-15H2,1,3-4H3. The summed E-state index contributed by atoms with van der Waals surface area (Å²) >= 11 is 5.92. The van der Waals surface area contributed by atoms with E-state index in [9.17, 15) is 19.7 Å². The van der Waals surface area contributed by atoms with Crippen molar-refractivity contribution in [2.45, 2.75) is 46.1 Å². The molecule has 37 heavy (non-hydrogen) atoms. The molecule has 0 saturated heterocycles. The molecule has 1 N–H and O–H groups in total. The molecule has 2 unspecified atom stereocenters. The van der Waals surface area contributed by atoms with E-state index in [-0.39, 0.29) is 35.8 Å². The first-order valence-corrected chi connectivity index (χ1v) is 12.4. The predicted molar refractivity (Wildman–Crippen MR) is 139 cm³/mol. The van der Waals surface area contributed by atoms with Gasteiger partial charge in [0.05, 0.1) is 11.5 Å². The Bertz CT molecular complexity index is 1300. The smallest absolute Gasteiger partial charge is 0.315 e. The number of allylic oxidation sites excluding steroid dienone is 2. The van der Waals surface area contributed by atoms with Crippen LogP contribution in [0.15, 0.2) is 66.0 Å². The van der Waals surface area contributed by atoms with Crippen LogP contribution in [0.4, 0.5) is 5.69 Å². The summed E-state index contributed by atoms with van der Waals surface area (Å²) in [6.07, 6.45) is 0.889. The Morgan fingerprint density at radius 2 is 1.92 bits per heavy atom. The molecule has 0 spiro atoms. The molecular weight excluding hydrogens is 496 g/mol. The SMILES string of the molecule is C=C1NC2=C(C(=O)CC(C)(C)C2)C(c2ccc(OCc3ccc(Cl)cc3)c([N+](=O)[O-])c2)C1C(=O)OCC. The minimum absolute atomic E-state index is 0.0782. The molecule has 0 fully saturated rings. The van der Waals surface area contributed by atoms with Crippen LogP contribution in [0, 0.1) is 21.4 Å². The zero-order chi connectivity index (χ0) is 26.9. The number of ether oxygens (including phenoxy) is 2. The highest BCUT2D eigenvalue weighted by Crippen LogP contribution is 2.49. The zero-order valence-corrected chi connectivity index (χ0v) is 21.8. The highest BCUT2D eigenvalue weighted by molar-refractivity contribution is 6.30. The number of nitrogens with zero attached hydrogens (tertiary/aromatic N) is 1. The molecule has 4 rings (SSSR count). The highest BCUT2D eigenvalue weighted by Gasteiger charge is 2.47. The quantitative estimate of drug-likeness (QED) is 0.275. The summed E-state index contributed by atoms with van der Waals surface area (Å²) in [6, 6.07) is 11.5. The molecule has 2 aromatic rings. The Morgan fingerprint density at radius 3 is 2.57 bits per heavy atom. The van der Waals surface area contributed by atoms with Crippen LogP contribution in [0.3, 0.4) is 0 Å². The topological polar surface area (TPSA) is 108 Å². The lowest BCUT2D eigenvalue weighted by Crippen LogP contribution is -2.43. The number of ketones is 1. The Morgan fingerprint density at radius 1 is 1.22 bits per heavy atom. The van der Waals surface area contributed by atoms with Crippen molar-refractivity contribution in [3.05, 3.63) is 92.3 Å². The molecule has 0 aromatic heterocycles. The maximum atomic E-state index is 13.4. The number of esters is 1. The van der Waals surface area contributed by atoms with Crippen LogP contribution in [0.2, 0.25) is 5.02 Å². The average Bonchev–Trinajstić information content (AvgIpc) is 2.82. The molecule has 1 aliphatic heterocycles. The Balaban J connectivity index is 1.77. The summed E-state index contributed by atoms with van der Waals surface area (Å²) in [5.74, 6) is -2.25. The Labute approximate surface area is 220 Å². The van der Waals surface area contributed by atoms with Gasteiger partial charge < -0.3 is 14.8 Å². The number of benzene rings is 2. The molecule has 2 aromatic carbocycles. The van der Waals surface area contributed by atoms with E-state index < -0.39 is 22.7 Å². The summed E-state index contributed by atoms with van der Waals surface area (Å²) in [7, 11) is 0. The largest absolute Gasteiger partial charge is 0.482 e. The number of hydrogen-bond acceptors (Lipinski definition) is 7. The zero-order valence-electron chi connectivity index (χ0n) is 21.0. The van der Waals surface area contributed by atoms with E-state index in [0.717, 1.165) is 5.56 Å². The van der Waals surface area contributed by atoms with Gasteiger partial charge in [0, 0.05) is 40.4 Å². The maximum absolute atomic E-state index is 13.4. The third-order valence-corrected chi connectivity index (χ3v) is 6.89. The maximum Gasteiger partial charge on any atom is 0.315 e. The van der Waals surface area contributed by atoms with Crippen molar-refractivity contribution in [1.82, 2.24) is 5.32 Å². The second-order valence-electron chi connectivity index (χ2n) is 10.1. The van der Waals surface area contributed by atoms with Crippen molar-refractivity contribution in [2.75, 3.05) is 6.61 Å². The van der Waals surface area contributed by atoms with Crippen molar-refractivity contribution in [1.29, 1.82) is 0 Å². The van der Waals surface area contributed by atoms with Crippen LogP contribution in [0.1, 0.15) is 50.7 Å². The molecule has 0 amide bonds. The molecule has 9 heteroatoms. The van der Waals surface area contributed by atoms with Gasteiger partial charge in [-0.15, -0.1) is 0 Å². The van der Waals surface area contributed by atoms with E-state index in [1.165, 1.54) is 12.1 Å². The van der Waals surface area contributed by atoms with Gasteiger partial charge in [0.25, 0.3) is 0 Å². The number of Topliss-reactive ketones (excluding diaryl/α,β-unsaturated/α-hetero) is 1. The van der Waals surface area contributed by atoms with Crippen LogP contribution in [0.25, 0.3) is 0 Å². The molecule has 194 valence electrons. The van der Waals surface area contributed by atoms with E-state index in [1.807, 2.05) is 13.8 Å². The lowest BCUT2D eigenvalue weighted by Gasteiger charge is -2.42. The van der Waals surface area contributed by atoms with Crippen molar-refractivity contribution >= 4 is 29.0 Å². The lowest BCUT2D eigenvalue weighted by atomic mass is 9.66. The molecule has 0 bridgehead atoms. The fraction of sp³-hybridized carbons (Fsp3) is 0.357. The van der Waals surface area contributed by atoms with Gasteiger partial charge in [-0.3, -0.25) is 19.7 Å². The summed E-state index contributed by atoms with van der Waals surface area (Å²) in [5, 5.41) is 15.8. The molecule has 0 radical (unpaired) electrons. The first-order valence-electron chi connectivity index (χ1n) is 12.0. The van der Waals surface area contributed by atoms with Crippen molar-refractivity contribution in [3.63, 3.8) is 0 Å². The molecular formula is C28H29ClN2O6. The normalized spacial score (nSPS) is 20.6. The fourth-order valence-corrected chi connectivity index (χ4v) is 5.18. The van der Waals surface area contributed by atoms with Crippen LogP contribution in [-0.4, -0.2) is 23.3 Å². The van der Waals surface area contributed by atoms with Crippen molar-refractivity contribution < 1.29 is 24.0 Å².